The first-order chi connectivity index (χ1) is 8.46. The monoisotopic (exact) mass is 270 g/mol. The zero-order chi connectivity index (χ0) is 13.3. The van der Waals surface area contributed by atoms with Crippen LogP contribution in [0.3, 0.4) is 0 Å². The lowest BCUT2D eigenvalue weighted by Crippen LogP contribution is -2.50. The molecule has 5 nitrogen and oxygen atoms in total. The molecule has 1 aromatic rings. The highest BCUT2D eigenvalue weighted by Crippen LogP contribution is 2.38. The van der Waals surface area contributed by atoms with Crippen LogP contribution >= 0.6 is 11.6 Å². The summed E-state index contributed by atoms with van der Waals surface area (Å²) in [4.78, 5) is 11.8. The molecule has 98 valence electrons. The van der Waals surface area contributed by atoms with E-state index in [1.807, 2.05) is 0 Å². The normalized spacial score (nSPS) is 21.5. The number of hydrogen-bond donors (Lipinski definition) is 2. The Morgan fingerprint density at radius 2 is 2.39 bits per heavy atom. The van der Waals surface area contributed by atoms with E-state index in [9.17, 15) is 4.79 Å². The van der Waals surface area contributed by atoms with Crippen molar-refractivity contribution >= 4 is 28.9 Å². The quantitative estimate of drug-likeness (QED) is 0.636. The van der Waals surface area contributed by atoms with Gasteiger partial charge in [-0.3, -0.25) is 0 Å². The Morgan fingerprint density at radius 3 is 3.06 bits per heavy atom. The lowest BCUT2D eigenvalue weighted by Gasteiger charge is -2.34. The summed E-state index contributed by atoms with van der Waals surface area (Å²) in [6, 6.07) is 3.28. The third kappa shape index (κ3) is 2.18. The first-order valence-electron chi connectivity index (χ1n) is 5.65. The molecule has 0 amide bonds. The van der Waals surface area contributed by atoms with E-state index in [1.165, 1.54) is 0 Å². The van der Waals surface area contributed by atoms with Crippen LogP contribution in [0.15, 0.2) is 12.1 Å². The number of anilines is 2. The molecule has 0 saturated carbocycles. The van der Waals surface area contributed by atoms with E-state index in [0.717, 1.165) is 5.69 Å². The van der Waals surface area contributed by atoms with Gasteiger partial charge in [-0.15, -0.1) is 0 Å². The lowest BCUT2D eigenvalue weighted by atomic mass is 10.0. The molecule has 0 radical (unpaired) electrons. The number of esters is 1. The zero-order valence-corrected chi connectivity index (χ0v) is 11.0. The van der Waals surface area contributed by atoms with Crippen LogP contribution in [0.5, 0.6) is 5.75 Å². The third-order valence-corrected chi connectivity index (χ3v) is 3.08. The van der Waals surface area contributed by atoms with Crippen molar-refractivity contribution in [2.75, 3.05) is 24.2 Å². The van der Waals surface area contributed by atoms with E-state index in [2.05, 4.69) is 5.32 Å². The topological polar surface area (TPSA) is 73.6 Å². The van der Waals surface area contributed by atoms with Gasteiger partial charge in [0.05, 0.1) is 29.5 Å². The SMILES string of the molecule is CCOC(=O)C1(C)CNc2cc(Cl)c(N)cc2O1. The molecule has 1 aromatic carbocycles. The highest BCUT2D eigenvalue weighted by molar-refractivity contribution is 6.33. The summed E-state index contributed by atoms with van der Waals surface area (Å²) in [6.07, 6.45) is 0. The highest BCUT2D eigenvalue weighted by atomic mass is 35.5. The molecule has 3 N–H and O–H groups in total. The minimum atomic E-state index is -1.05. The molecular weight excluding hydrogens is 256 g/mol. The number of nitrogens with two attached hydrogens (primary N) is 1. The Bertz CT molecular complexity index is 492. The average molecular weight is 271 g/mol. The number of carbonyl (C=O) groups is 1. The van der Waals surface area contributed by atoms with Crippen LogP contribution in [-0.4, -0.2) is 24.7 Å². The maximum Gasteiger partial charge on any atom is 0.352 e. The maximum absolute atomic E-state index is 11.8. The van der Waals surface area contributed by atoms with Crippen molar-refractivity contribution in [2.45, 2.75) is 19.4 Å². The van der Waals surface area contributed by atoms with Crippen molar-refractivity contribution < 1.29 is 14.3 Å². The Morgan fingerprint density at radius 1 is 1.67 bits per heavy atom. The Balaban J connectivity index is 2.29. The summed E-state index contributed by atoms with van der Waals surface area (Å²) in [6.45, 7) is 4.06. The van der Waals surface area contributed by atoms with Crippen LogP contribution in [0.2, 0.25) is 5.02 Å². The van der Waals surface area contributed by atoms with Gasteiger partial charge in [-0.1, -0.05) is 11.6 Å². The van der Waals surface area contributed by atoms with Crippen molar-refractivity contribution in [1.82, 2.24) is 0 Å². The number of ether oxygens (including phenoxy) is 2. The van der Waals surface area contributed by atoms with Gasteiger partial charge in [-0.05, 0) is 19.9 Å². The summed E-state index contributed by atoms with van der Waals surface area (Å²) in [5.74, 6) is 0.0929. The van der Waals surface area contributed by atoms with Gasteiger partial charge < -0.3 is 20.5 Å². The molecular formula is C12H15ClN2O3. The Kier molecular flexibility index (Phi) is 3.26. The summed E-state index contributed by atoms with van der Waals surface area (Å²) in [5, 5.41) is 3.54. The molecule has 0 saturated heterocycles. The largest absolute Gasteiger partial charge is 0.472 e. The molecule has 0 bridgehead atoms. The number of halogens is 1. The smallest absolute Gasteiger partial charge is 0.352 e. The maximum atomic E-state index is 11.8. The van der Waals surface area contributed by atoms with Crippen molar-refractivity contribution in [3.05, 3.63) is 17.2 Å². The molecule has 0 aromatic heterocycles. The predicted molar refractivity (Wildman–Crippen MR) is 70.0 cm³/mol. The molecule has 1 unspecified atom stereocenters. The summed E-state index contributed by atoms with van der Waals surface area (Å²) in [5.41, 5.74) is 5.79. The Labute approximate surface area is 110 Å². The molecule has 0 aliphatic carbocycles. The highest BCUT2D eigenvalue weighted by Gasteiger charge is 2.40. The van der Waals surface area contributed by atoms with Gasteiger partial charge in [0.15, 0.2) is 0 Å². The molecule has 6 heteroatoms. The van der Waals surface area contributed by atoms with E-state index < -0.39 is 11.6 Å². The molecule has 0 spiro atoms. The minimum Gasteiger partial charge on any atom is -0.472 e. The van der Waals surface area contributed by atoms with Crippen molar-refractivity contribution in [1.29, 1.82) is 0 Å². The number of fused-ring (bicyclic) bond motifs is 1. The molecule has 1 heterocycles. The molecule has 1 atom stereocenters. The van der Waals surface area contributed by atoms with Crippen LogP contribution in [-0.2, 0) is 9.53 Å². The fraction of sp³-hybridized carbons (Fsp3) is 0.417. The van der Waals surface area contributed by atoms with Crippen LogP contribution in [0, 0.1) is 0 Å². The molecule has 2 rings (SSSR count). The third-order valence-electron chi connectivity index (χ3n) is 2.76. The average Bonchev–Trinajstić information content (AvgIpc) is 2.32. The van der Waals surface area contributed by atoms with Crippen molar-refractivity contribution in [2.24, 2.45) is 0 Å². The molecule has 0 fully saturated rings. The number of carbonyl (C=O) groups excluding carboxylic acids is 1. The predicted octanol–water partition coefficient (Wildman–Crippen LogP) is 2.05. The summed E-state index contributed by atoms with van der Waals surface area (Å²) in [7, 11) is 0. The van der Waals surface area contributed by atoms with E-state index in [4.69, 9.17) is 26.8 Å². The second kappa shape index (κ2) is 4.57. The molecule has 1 aliphatic heterocycles. The number of nitrogen functional groups attached to an aromatic ring is 1. The summed E-state index contributed by atoms with van der Waals surface area (Å²) < 4.78 is 10.7. The number of benzene rings is 1. The van der Waals surface area contributed by atoms with E-state index in [1.54, 1.807) is 26.0 Å². The van der Waals surface area contributed by atoms with Crippen LogP contribution < -0.4 is 15.8 Å². The molecule has 1 aliphatic rings. The standard InChI is InChI=1S/C12H15ClN2O3/c1-3-17-11(16)12(2)6-15-9-4-7(13)8(14)5-10(9)18-12/h4-5,15H,3,6,14H2,1-2H3. The van der Waals surface area contributed by atoms with Gasteiger partial charge >= 0.3 is 5.97 Å². The van der Waals surface area contributed by atoms with E-state index in [0.29, 0.717) is 29.6 Å². The van der Waals surface area contributed by atoms with Crippen LogP contribution in [0.25, 0.3) is 0 Å². The zero-order valence-electron chi connectivity index (χ0n) is 10.2. The second-order valence-corrected chi connectivity index (χ2v) is 4.68. The first kappa shape index (κ1) is 12.8. The Hall–Kier alpha value is -1.62. The van der Waals surface area contributed by atoms with Crippen LogP contribution in [0.4, 0.5) is 11.4 Å². The van der Waals surface area contributed by atoms with Crippen LogP contribution in [0.1, 0.15) is 13.8 Å². The lowest BCUT2D eigenvalue weighted by molar-refractivity contribution is -0.159. The molecule has 18 heavy (non-hydrogen) atoms. The van der Waals surface area contributed by atoms with Crippen molar-refractivity contribution in [3.8, 4) is 5.75 Å². The van der Waals surface area contributed by atoms with Gasteiger partial charge in [0, 0.05) is 6.07 Å². The van der Waals surface area contributed by atoms with Gasteiger partial charge in [0.25, 0.3) is 0 Å². The first-order valence-corrected chi connectivity index (χ1v) is 6.03. The van der Waals surface area contributed by atoms with Gasteiger partial charge in [-0.25, -0.2) is 4.79 Å². The fourth-order valence-electron chi connectivity index (χ4n) is 1.73. The van der Waals surface area contributed by atoms with E-state index >= 15 is 0 Å². The van der Waals surface area contributed by atoms with E-state index in [-0.39, 0.29) is 0 Å². The van der Waals surface area contributed by atoms with Gasteiger partial charge in [0.2, 0.25) is 5.60 Å². The number of hydrogen-bond acceptors (Lipinski definition) is 5. The number of nitrogens with one attached hydrogen (secondary N) is 1. The van der Waals surface area contributed by atoms with Gasteiger partial charge in [0.1, 0.15) is 5.75 Å². The van der Waals surface area contributed by atoms with Gasteiger partial charge in [-0.2, -0.15) is 0 Å². The minimum absolute atomic E-state index is 0.313. The second-order valence-electron chi connectivity index (χ2n) is 4.28. The fourth-order valence-corrected chi connectivity index (χ4v) is 1.90. The number of rotatable bonds is 2. The summed E-state index contributed by atoms with van der Waals surface area (Å²) >= 11 is 5.92. The van der Waals surface area contributed by atoms with Crippen molar-refractivity contribution in [3.63, 3.8) is 0 Å².